The summed E-state index contributed by atoms with van der Waals surface area (Å²) in [5.41, 5.74) is 2.23. The Kier molecular flexibility index (Phi) is 3.38. The van der Waals surface area contributed by atoms with Crippen LogP contribution >= 0.6 is 0 Å². The van der Waals surface area contributed by atoms with E-state index in [4.69, 9.17) is 0 Å². The van der Waals surface area contributed by atoms with Gasteiger partial charge in [-0.2, -0.15) is 0 Å². The van der Waals surface area contributed by atoms with Gasteiger partial charge in [-0.25, -0.2) is 8.42 Å². The van der Waals surface area contributed by atoms with Gasteiger partial charge in [0.2, 0.25) is 0 Å². The molecule has 0 fully saturated rings. The van der Waals surface area contributed by atoms with Crippen LogP contribution in [0.25, 0.3) is 0 Å². The Hall–Kier alpha value is -1.09. The van der Waals surface area contributed by atoms with Crippen LogP contribution in [0, 0.1) is 0 Å². The lowest BCUT2D eigenvalue weighted by Crippen LogP contribution is -2.48. The first-order valence-corrected chi connectivity index (χ1v) is 8.13. The number of rotatable bonds is 2. The number of hydrogen-bond donors (Lipinski definition) is 0. The number of hydrogen-bond acceptors (Lipinski definition) is 2. The van der Waals surface area contributed by atoms with Crippen molar-refractivity contribution >= 4 is 9.84 Å². The summed E-state index contributed by atoms with van der Waals surface area (Å²) in [4.78, 5) is 0. The van der Waals surface area contributed by atoms with E-state index in [0.717, 1.165) is 11.1 Å². The third kappa shape index (κ3) is 2.25. The first-order chi connectivity index (χ1) is 8.70. The fraction of sp³-hybridized carbons (Fsp3) is 0.500. The van der Waals surface area contributed by atoms with Crippen LogP contribution in [0.1, 0.15) is 40.5 Å². The maximum Gasteiger partial charge on any atom is 0.168 e. The van der Waals surface area contributed by atoms with Gasteiger partial charge in [0.25, 0.3) is 0 Å². The molecule has 2 aliphatic carbocycles. The molecule has 0 saturated carbocycles. The summed E-state index contributed by atoms with van der Waals surface area (Å²) >= 11 is 0. The second kappa shape index (κ2) is 4.48. The third-order valence-corrected chi connectivity index (χ3v) is 7.16. The van der Waals surface area contributed by atoms with E-state index in [1.807, 2.05) is 64.2 Å². The van der Waals surface area contributed by atoms with Crippen LogP contribution in [0.2, 0.25) is 0 Å². The molecular weight excluding hydrogens is 256 g/mol. The van der Waals surface area contributed by atoms with Gasteiger partial charge in [-0.05, 0) is 40.5 Å². The molecule has 0 aromatic rings. The van der Waals surface area contributed by atoms with Crippen molar-refractivity contribution in [2.24, 2.45) is 0 Å². The minimum Gasteiger partial charge on any atom is -0.227 e. The standard InChI is InChI=1S/C16H22O2S/c1-13-7-5-9-15(3,11-13)19(17,18)16(4)10-6-8-14(2)12-16/h5-10H,11-12H2,1-4H3. The van der Waals surface area contributed by atoms with Crippen molar-refractivity contribution in [2.75, 3.05) is 0 Å². The lowest BCUT2D eigenvalue weighted by Gasteiger charge is -2.38. The van der Waals surface area contributed by atoms with Crippen molar-refractivity contribution in [3.05, 3.63) is 47.6 Å². The predicted octanol–water partition coefficient (Wildman–Crippen LogP) is 3.73. The van der Waals surface area contributed by atoms with E-state index in [1.54, 1.807) is 0 Å². The molecule has 0 spiro atoms. The normalized spacial score (nSPS) is 34.9. The first-order valence-electron chi connectivity index (χ1n) is 6.64. The maximum atomic E-state index is 13.1. The van der Waals surface area contributed by atoms with Crippen molar-refractivity contribution in [3.63, 3.8) is 0 Å². The smallest absolute Gasteiger partial charge is 0.168 e. The average molecular weight is 278 g/mol. The van der Waals surface area contributed by atoms with Gasteiger partial charge < -0.3 is 0 Å². The molecule has 0 aromatic heterocycles. The van der Waals surface area contributed by atoms with Crippen molar-refractivity contribution in [1.82, 2.24) is 0 Å². The molecule has 2 rings (SSSR count). The summed E-state index contributed by atoms with van der Waals surface area (Å²) in [6.45, 7) is 7.65. The molecule has 2 nitrogen and oxygen atoms in total. The minimum absolute atomic E-state index is 0.581. The van der Waals surface area contributed by atoms with Gasteiger partial charge in [-0.3, -0.25) is 0 Å². The molecule has 0 radical (unpaired) electrons. The topological polar surface area (TPSA) is 34.1 Å². The van der Waals surface area contributed by atoms with E-state index in [1.165, 1.54) is 0 Å². The second-order valence-corrected chi connectivity index (χ2v) is 9.10. The number of allylic oxidation sites excluding steroid dienone is 6. The van der Waals surface area contributed by atoms with Crippen LogP contribution in [-0.4, -0.2) is 17.9 Å². The molecule has 2 aliphatic rings. The molecule has 0 amide bonds. The maximum absolute atomic E-state index is 13.1. The Labute approximate surface area is 116 Å². The van der Waals surface area contributed by atoms with Gasteiger partial charge in [0.15, 0.2) is 9.84 Å². The number of sulfone groups is 1. The Balaban J connectivity index is 2.44. The Bertz CT molecular complexity index is 557. The summed E-state index contributed by atoms with van der Waals surface area (Å²) < 4.78 is 24.6. The van der Waals surface area contributed by atoms with Gasteiger partial charge in [0.05, 0.1) is 9.49 Å². The summed E-state index contributed by atoms with van der Waals surface area (Å²) in [7, 11) is -3.31. The van der Waals surface area contributed by atoms with Gasteiger partial charge >= 0.3 is 0 Å². The zero-order valence-corrected chi connectivity index (χ0v) is 12.9. The molecule has 0 saturated heterocycles. The van der Waals surface area contributed by atoms with Crippen LogP contribution in [0.4, 0.5) is 0 Å². The van der Waals surface area contributed by atoms with Crippen LogP contribution < -0.4 is 0 Å². The van der Waals surface area contributed by atoms with E-state index in [9.17, 15) is 8.42 Å². The molecule has 2 unspecified atom stereocenters. The lowest BCUT2D eigenvalue weighted by atomic mass is 9.95. The van der Waals surface area contributed by atoms with Crippen LogP contribution in [0.5, 0.6) is 0 Å². The molecule has 0 N–H and O–H groups in total. The fourth-order valence-corrected chi connectivity index (χ4v) is 5.49. The first kappa shape index (κ1) is 14.3. The fourth-order valence-electron chi connectivity index (χ4n) is 3.08. The Morgan fingerprint density at radius 2 is 1.26 bits per heavy atom. The highest BCUT2D eigenvalue weighted by atomic mass is 32.2. The predicted molar refractivity (Wildman–Crippen MR) is 80.8 cm³/mol. The molecule has 2 atom stereocenters. The van der Waals surface area contributed by atoms with Crippen molar-refractivity contribution in [2.45, 2.75) is 50.0 Å². The minimum atomic E-state index is -3.31. The van der Waals surface area contributed by atoms with Crippen LogP contribution in [0.3, 0.4) is 0 Å². The molecule has 0 aliphatic heterocycles. The van der Waals surface area contributed by atoms with E-state index in [0.29, 0.717) is 12.8 Å². The Morgan fingerprint density at radius 1 is 0.895 bits per heavy atom. The second-order valence-electron chi connectivity index (χ2n) is 6.23. The summed E-state index contributed by atoms with van der Waals surface area (Å²) in [5, 5.41) is 0. The van der Waals surface area contributed by atoms with E-state index < -0.39 is 19.3 Å². The summed E-state index contributed by atoms with van der Waals surface area (Å²) in [6, 6.07) is 0. The molecule has 104 valence electrons. The quantitative estimate of drug-likeness (QED) is 0.771. The van der Waals surface area contributed by atoms with Crippen molar-refractivity contribution < 1.29 is 8.42 Å². The highest BCUT2D eigenvalue weighted by Crippen LogP contribution is 2.42. The van der Waals surface area contributed by atoms with E-state index >= 15 is 0 Å². The zero-order chi connectivity index (χ0) is 14.3. The highest BCUT2D eigenvalue weighted by Gasteiger charge is 2.49. The van der Waals surface area contributed by atoms with Gasteiger partial charge in [-0.15, -0.1) is 0 Å². The molecule has 0 heterocycles. The van der Waals surface area contributed by atoms with Gasteiger partial charge in [0.1, 0.15) is 0 Å². The summed E-state index contributed by atoms with van der Waals surface area (Å²) in [6.07, 6.45) is 12.5. The monoisotopic (exact) mass is 278 g/mol. The largest absolute Gasteiger partial charge is 0.227 e. The zero-order valence-electron chi connectivity index (χ0n) is 12.1. The average Bonchev–Trinajstić information content (AvgIpc) is 2.27. The summed E-state index contributed by atoms with van der Waals surface area (Å²) in [5.74, 6) is 0. The van der Waals surface area contributed by atoms with Crippen LogP contribution in [0.15, 0.2) is 47.6 Å². The van der Waals surface area contributed by atoms with Crippen molar-refractivity contribution in [3.8, 4) is 0 Å². The van der Waals surface area contributed by atoms with Crippen molar-refractivity contribution in [1.29, 1.82) is 0 Å². The van der Waals surface area contributed by atoms with Gasteiger partial charge in [-0.1, -0.05) is 47.6 Å². The molecule has 0 bridgehead atoms. The third-order valence-electron chi connectivity index (χ3n) is 4.15. The van der Waals surface area contributed by atoms with E-state index in [2.05, 4.69) is 0 Å². The lowest BCUT2D eigenvalue weighted by molar-refractivity contribution is 0.524. The molecule has 19 heavy (non-hydrogen) atoms. The SMILES string of the molecule is CC1=CC=CC(C)(S(=O)(=O)C2(C)C=CC=C(C)C2)C1. The molecule has 3 heteroatoms. The molecular formula is C16H22O2S. The molecule has 0 aromatic carbocycles. The van der Waals surface area contributed by atoms with E-state index in [-0.39, 0.29) is 0 Å². The Morgan fingerprint density at radius 3 is 1.58 bits per heavy atom. The highest BCUT2D eigenvalue weighted by molar-refractivity contribution is 7.94. The van der Waals surface area contributed by atoms with Gasteiger partial charge in [0, 0.05) is 0 Å². The van der Waals surface area contributed by atoms with Crippen LogP contribution in [-0.2, 0) is 9.84 Å².